The summed E-state index contributed by atoms with van der Waals surface area (Å²) in [5, 5.41) is 5.51. The molecule has 6 atom stereocenters. The van der Waals surface area contributed by atoms with Crippen LogP contribution in [0.4, 0.5) is 0 Å². The lowest BCUT2D eigenvalue weighted by atomic mass is 9.46. The van der Waals surface area contributed by atoms with Crippen LogP contribution in [0.1, 0.15) is 94.3 Å². The number of aryl methyl sites for hydroxylation is 1. The van der Waals surface area contributed by atoms with Crippen LogP contribution >= 0.6 is 0 Å². The van der Waals surface area contributed by atoms with Crippen LogP contribution in [0.25, 0.3) is 6.08 Å². The van der Waals surface area contributed by atoms with E-state index in [9.17, 15) is 19.2 Å². The molecule has 254 valence electrons. The van der Waals surface area contributed by atoms with Crippen molar-refractivity contribution in [3.63, 3.8) is 0 Å². The van der Waals surface area contributed by atoms with Crippen LogP contribution in [0.2, 0.25) is 0 Å². The highest BCUT2D eigenvalue weighted by atomic mass is 16.5. The summed E-state index contributed by atoms with van der Waals surface area (Å²) in [6.45, 7) is 12.6. The first-order valence-corrected chi connectivity index (χ1v) is 16.7. The van der Waals surface area contributed by atoms with Gasteiger partial charge in [-0.3, -0.25) is 14.4 Å². The lowest BCUT2D eigenvalue weighted by Gasteiger charge is -2.57. The molecule has 2 aliphatic carbocycles. The molecule has 0 saturated heterocycles. The summed E-state index contributed by atoms with van der Waals surface area (Å²) in [6, 6.07) is 9.56. The molecule has 2 fully saturated rings. The molecule has 2 saturated carbocycles. The van der Waals surface area contributed by atoms with Gasteiger partial charge in [-0.1, -0.05) is 64.0 Å². The molecule has 2 aliphatic rings. The minimum Gasteiger partial charge on any atom is -0.469 e. The number of nitrogens with one attached hydrogen (secondary N) is 2. The maximum absolute atomic E-state index is 13.7. The van der Waals surface area contributed by atoms with Crippen molar-refractivity contribution in [1.82, 2.24) is 10.6 Å². The summed E-state index contributed by atoms with van der Waals surface area (Å²) in [5.41, 5.74) is 1.77. The topological polar surface area (TPSA) is 124 Å². The molecule has 1 aromatic heterocycles. The van der Waals surface area contributed by atoms with Crippen molar-refractivity contribution >= 4 is 29.8 Å². The molecule has 47 heavy (non-hydrogen) atoms. The first-order chi connectivity index (χ1) is 22.4. The number of allylic oxidation sites excluding steroid dienone is 1. The summed E-state index contributed by atoms with van der Waals surface area (Å²) in [5.74, 6) is -1.19. The van der Waals surface area contributed by atoms with Gasteiger partial charge in [-0.25, -0.2) is 4.79 Å². The summed E-state index contributed by atoms with van der Waals surface area (Å²) < 4.78 is 16.1. The fourth-order valence-electron chi connectivity index (χ4n) is 8.03. The third-order valence-electron chi connectivity index (χ3n) is 10.9. The van der Waals surface area contributed by atoms with Gasteiger partial charge in [-0.2, -0.15) is 0 Å². The van der Waals surface area contributed by atoms with Gasteiger partial charge in [-0.15, -0.1) is 0 Å². The van der Waals surface area contributed by atoms with Crippen LogP contribution in [0.5, 0.6) is 0 Å². The standard InChI is InChI=1S/C38H50N2O7/c1-8-24(2)32(35(43)45-6)40-34(42)29(39-33(41)27-13-10-9-11-14-27)23-30-26(19-22-47-30)16-17-28-25(3)15-18-31-37(28,4)20-12-21-38(31,5)36(44)46-7/h9-11,13-14,19,22-24,28,31-32H,3,8,12,15-18,20-21H2,1-2,4-7H3,(H,39,41)(H,40,42)/b29-23-/t24?,28-,31?,32?,37+,38-/m0/s1. The molecule has 0 spiro atoms. The fraction of sp³-hybridized carbons (Fsp3) is 0.526. The molecule has 1 aromatic carbocycles. The van der Waals surface area contributed by atoms with Gasteiger partial charge in [0.2, 0.25) is 0 Å². The molecule has 0 aliphatic heterocycles. The van der Waals surface area contributed by atoms with Crippen molar-refractivity contribution in [2.24, 2.45) is 28.6 Å². The highest BCUT2D eigenvalue weighted by Gasteiger charge is 2.57. The highest BCUT2D eigenvalue weighted by Crippen LogP contribution is 2.62. The molecule has 9 nitrogen and oxygen atoms in total. The van der Waals surface area contributed by atoms with E-state index < -0.39 is 29.2 Å². The Morgan fingerprint density at radius 3 is 2.47 bits per heavy atom. The van der Waals surface area contributed by atoms with E-state index in [1.54, 1.807) is 36.6 Å². The Kier molecular flexibility index (Phi) is 11.5. The van der Waals surface area contributed by atoms with Crippen LogP contribution in [0.15, 0.2) is 64.9 Å². The number of carbonyl (C=O) groups is 4. The molecule has 3 unspecified atom stereocenters. The monoisotopic (exact) mass is 646 g/mol. The lowest BCUT2D eigenvalue weighted by Crippen LogP contribution is -2.53. The minimum absolute atomic E-state index is 0.0533. The molecule has 0 radical (unpaired) electrons. The van der Waals surface area contributed by atoms with Crippen LogP contribution < -0.4 is 10.6 Å². The number of esters is 2. The van der Waals surface area contributed by atoms with E-state index in [-0.39, 0.29) is 34.8 Å². The van der Waals surface area contributed by atoms with Crippen molar-refractivity contribution in [3.05, 3.63) is 77.4 Å². The third-order valence-corrected chi connectivity index (χ3v) is 10.9. The average molecular weight is 647 g/mol. The summed E-state index contributed by atoms with van der Waals surface area (Å²) in [6.07, 6.45) is 9.72. The summed E-state index contributed by atoms with van der Waals surface area (Å²) in [4.78, 5) is 52.5. The van der Waals surface area contributed by atoms with Gasteiger partial charge in [0.25, 0.3) is 11.8 Å². The number of rotatable bonds is 12. The average Bonchev–Trinajstić information content (AvgIpc) is 3.52. The second-order valence-electron chi connectivity index (χ2n) is 13.7. The second kappa shape index (κ2) is 15.2. The number of ether oxygens (including phenoxy) is 2. The van der Waals surface area contributed by atoms with Crippen molar-refractivity contribution < 1.29 is 33.1 Å². The predicted octanol–water partition coefficient (Wildman–Crippen LogP) is 6.64. The molecular formula is C38H50N2O7. The van der Waals surface area contributed by atoms with E-state index >= 15 is 0 Å². The summed E-state index contributed by atoms with van der Waals surface area (Å²) >= 11 is 0. The maximum Gasteiger partial charge on any atom is 0.328 e. The Morgan fingerprint density at radius 1 is 1.09 bits per heavy atom. The lowest BCUT2D eigenvalue weighted by molar-refractivity contribution is -0.168. The Hall–Kier alpha value is -4.14. The van der Waals surface area contributed by atoms with Crippen molar-refractivity contribution in [2.75, 3.05) is 14.2 Å². The molecule has 0 bridgehead atoms. The van der Waals surface area contributed by atoms with Crippen molar-refractivity contribution in [2.45, 2.75) is 85.1 Å². The summed E-state index contributed by atoms with van der Waals surface area (Å²) in [7, 11) is 2.75. The van der Waals surface area contributed by atoms with Gasteiger partial charge in [-0.05, 0) is 92.4 Å². The van der Waals surface area contributed by atoms with Crippen molar-refractivity contribution in [3.8, 4) is 0 Å². The number of fused-ring (bicyclic) bond motifs is 1. The zero-order valence-electron chi connectivity index (χ0n) is 28.6. The van der Waals surface area contributed by atoms with E-state index in [4.69, 9.17) is 13.9 Å². The highest BCUT2D eigenvalue weighted by molar-refractivity contribution is 6.06. The molecule has 2 N–H and O–H groups in total. The van der Waals surface area contributed by atoms with E-state index in [0.717, 1.165) is 44.1 Å². The van der Waals surface area contributed by atoms with Gasteiger partial charge in [0.15, 0.2) is 0 Å². The number of benzene rings is 1. The Bertz CT molecular complexity index is 1490. The van der Waals surface area contributed by atoms with Gasteiger partial charge in [0.05, 0.1) is 25.9 Å². The molecular weight excluding hydrogens is 596 g/mol. The predicted molar refractivity (Wildman–Crippen MR) is 180 cm³/mol. The molecule has 2 aromatic rings. The zero-order valence-corrected chi connectivity index (χ0v) is 28.6. The fourth-order valence-corrected chi connectivity index (χ4v) is 8.03. The number of hydrogen-bond acceptors (Lipinski definition) is 7. The van der Waals surface area contributed by atoms with Crippen LogP contribution in [0, 0.1) is 28.6 Å². The zero-order chi connectivity index (χ0) is 34.4. The van der Waals surface area contributed by atoms with Gasteiger partial charge in [0.1, 0.15) is 17.5 Å². The maximum atomic E-state index is 13.7. The number of methoxy groups -OCH3 is 2. The second-order valence-corrected chi connectivity index (χ2v) is 13.7. The molecule has 4 rings (SSSR count). The quantitative estimate of drug-likeness (QED) is 0.151. The number of hydrogen-bond donors (Lipinski definition) is 2. The molecule has 2 amide bonds. The smallest absolute Gasteiger partial charge is 0.328 e. The van der Waals surface area contributed by atoms with E-state index in [1.165, 1.54) is 25.9 Å². The van der Waals surface area contributed by atoms with Crippen LogP contribution in [0.3, 0.4) is 0 Å². The van der Waals surface area contributed by atoms with Gasteiger partial charge >= 0.3 is 11.9 Å². The molecule has 1 heterocycles. The van der Waals surface area contributed by atoms with Crippen LogP contribution in [-0.2, 0) is 30.3 Å². The Labute approximate surface area is 278 Å². The van der Waals surface area contributed by atoms with E-state index in [1.807, 2.05) is 19.9 Å². The third kappa shape index (κ3) is 7.55. The first-order valence-electron chi connectivity index (χ1n) is 16.7. The Morgan fingerprint density at radius 2 is 1.81 bits per heavy atom. The minimum atomic E-state index is -0.900. The number of amides is 2. The largest absolute Gasteiger partial charge is 0.469 e. The molecule has 9 heteroatoms. The van der Waals surface area contributed by atoms with Gasteiger partial charge < -0.3 is 24.5 Å². The van der Waals surface area contributed by atoms with Crippen molar-refractivity contribution in [1.29, 1.82) is 0 Å². The van der Waals surface area contributed by atoms with E-state index in [0.29, 0.717) is 24.2 Å². The van der Waals surface area contributed by atoms with E-state index in [2.05, 4.69) is 31.1 Å². The Balaban J connectivity index is 1.62. The first kappa shape index (κ1) is 35.7. The normalized spacial score (nSPS) is 25.6. The van der Waals surface area contributed by atoms with Gasteiger partial charge in [0, 0.05) is 11.6 Å². The number of furan rings is 1. The SMILES string of the molecule is C=C1CCC2[C@](C)(CCC[C@]2(C)C(=O)OC)[C@H]1CCc1ccoc1/C=C(\NC(=O)c1ccccc1)C(=O)NC(C(=O)OC)C(C)CC. The number of carbonyl (C=O) groups excluding carboxylic acids is 4. The van der Waals surface area contributed by atoms with Crippen LogP contribution in [-0.4, -0.2) is 44.0 Å².